The molecule has 0 aliphatic heterocycles. The van der Waals surface area contributed by atoms with Crippen molar-refractivity contribution in [2.45, 2.75) is 0 Å². The van der Waals surface area contributed by atoms with Crippen molar-refractivity contribution in [3.63, 3.8) is 0 Å². The highest BCUT2D eigenvalue weighted by atomic mass is 32.2. The Morgan fingerprint density at radius 3 is 2.40 bits per heavy atom. The lowest BCUT2D eigenvalue weighted by molar-refractivity contribution is -0.134. The maximum atomic E-state index is 11.0. The summed E-state index contributed by atoms with van der Waals surface area (Å²) in [6.07, 6.45) is 0. The summed E-state index contributed by atoms with van der Waals surface area (Å²) in [6.45, 7) is 0.461. The number of amides is 1. The number of rotatable bonds is 7. The van der Waals surface area contributed by atoms with Crippen LogP contribution in [-0.4, -0.2) is 57.2 Å². The van der Waals surface area contributed by atoms with Crippen LogP contribution in [0.2, 0.25) is 0 Å². The van der Waals surface area contributed by atoms with Crippen LogP contribution in [0.25, 0.3) is 0 Å². The zero-order valence-electron chi connectivity index (χ0n) is 8.23. The molecule has 0 rings (SSSR count). The van der Waals surface area contributed by atoms with Crippen LogP contribution in [0.3, 0.4) is 0 Å². The minimum Gasteiger partial charge on any atom is -0.480 e. The molecule has 8 heteroatoms. The van der Waals surface area contributed by atoms with Gasteiger partial charge in [-0.05, 0) is 0 Å². The SMILES string of the molecule is COCCNC(=O)CS(=O)(=O)CC(=O)O. The molecule has 0 bridgehead atoms. The highest BCUT2D eigenvalue weighted by Crippen LogP contribution is 1.89. The molecular formula is C7H13NO6S. The highest BCUT2D eigenvalue weighted by Gasteiger charge is 2.19. The Bertz CT molecular complexity index is 322. The molecule has 0 saturated heterocycles. The average Bonchev–Trinajstić information content (AvgIpc) is 2.00. The van der Waals surface area contributed by atoms with Crippen molar-refractivity contribution < 1.29 is 27.9 Å². The smallest absolute Gasteiger partial charge is 0.318 e. The number of carbonyl (C=O) groups excluding carboxylic acids is 1. The number of methoxy groups -OCH3 is 1. The van der Waals surface area contributed by atoms with Crippen LogP contribution in [0.15, 0.2) is 0 Å². The number of carboxylic acids is 1. The van der Waals surface area contributed by atoms with E-state index in [2.05, 4.69) is 10.1 Å². The van der Waals surface area contributed by atoms with E-state index < -0.39 is 33.2 Å². The fraction of sp³-hybridized carbons (Fsp3) is 0.714. The molecule has 0 aromatic carbocycles. The van der Waals surface area contributed by atoms with Gasteiger partial charge in [-0.25, -0.2) is 8.42 Å². The molecule has 0 spiro atoms. The van der Waals surface area contributed by atoms with E-state index in [9.17, 15) is 18.0 Å². The van der Waals surface area contributed by atoms with Crippen LogP contribution in [0.5, 0.6) is 0 Å². The Morgan fingerprint density at radius 2 is 1.93 bits per heavy atom. The molecule has 0 atom stereocenters. The predicted octanol–water partition coefficient (Wildman–Crippen LogP) is -1.75. The summed E-state index contributed by atoms with van der Waals surface area (Å²) in [5, 5.41) is 10.5. The first-order chi connectivity index (χ1) is 6.87. The van der Waals surface area contributed by atoms with Gasteiger partial charge in [0.05, 0.1) is 6.61 Å². The van der Waals surface area contributed by atoms with Gasteiger partial charge in [0, 0.05) is 13.7 Å². The minimum absolute atomic E-state index is 0.192. The Morgan fingerprint density at radius 1 is 1.33 bits per heavy atom. The molecule has 15 heavy (non-hydrogen) atoms. The lowest BCUT2D eigenvalue weighted by Gasteiger charge is -2.03. The molecule has 0 aliphatic carbocycles. The molecule has 7 nitrogen and oxygen atoms in total. The van der Waals surface area contributed by atoms with E-state index in [0.717, 1.165) is 0 Å². The number of aliphatic carboxylic acids is 1. The number of carbonyl (C=O) groups is 2. The number of hydrogen-bond acceptors (Lipinski definition) is 5. The maximum Gasteiger partial charge on any atom is 0.318 e. The summed E-state index contributed by atoms with van der Waals surface area (Å²) in [5.41, 5.74) is 0. The van der Waals surface area contributed by atoms with Gasteiger partial charge in [0.25, 0.3) is 0 Å². The standard InChI is InChI=1S/C7H13NO6S/c1-14-3-2-8-6(9)4-15(12,13)5-7(10)11/h2-5H2,1H3,(H,8,9)(H,10,11). The van der Waals surface area contributed by atoms with Crippen LogP contribution in [0, 0.1) is 0 Å². The minimum atomic E-state index is -3.87. The fourth-order valence-corrected chi connectivity index (χ4v) is 1.76. The van der Waals surface area contributed by atoms with E-state index >= 15 is 0 Å². The summed E-state index contributed by atoms with van der Waals surface area (Å²) in [5.74, 6) is -4.05. The monoisotopic (exact) mass is 239 g/mol. The normalized spacial score (nSPS) is 11.0. The highest BCUT2D eigenvalue weighted by molar-refractivity contribution is 7.92. The van der Waals surface area contributed by atoms with Gasteiger partial charge in [0.1, 0.15) is 11.5 Å². The van der Waals surface area contributed by atoms with Gasteiger partial charge in [0.15, 0.2) is 9.84 Å². The molecule has 0 radical (unpaired) electrons. The largest absolute Gasteiger partial charge is 0.480 e. The van der Waals surface area contributed by atoms with E-state index in [-0.39, 0.29) is 13.2 Å². The van der Waals surface area contributed by atoms with Crippen LogP contribution < -0.4 is 5.32 Å². The zero-order chi connectivity index (χ0) is 11.9. The first-order valence-electron chi connectivity index (χ1n) is 4.05. The Hall–Kier alpha value is -1.15. The quantitative estimate of drug-likeness (QED) is 0.510. The third-order valence-corrected chi connectivity index (χ3v) is 2.71. The zero-order valence-corrected chi connectivity index (χ0v) is 9.04. The second-order valence-electron chi connectivity index (χ2n) is 2.77. The number of sulfone groups is 1. The third kappa shape index (κ3) is 7.89. The van der Waals surface area contributed by atoms with Gasteiger partial charge in [-0.2, -0.15) is 0 Å². The molecule has 2 N–H and O–H groups in total. The molecule has 1 amide bonds. The lowest BCUT2D eigenvalue weighted by Crippen LogP contribution is -2.34. The molecule has 0 aromatic rings. The molecule has 0 saturated carbocycles. The van der Waals surface area contributed by atoms with E-state index in [4.69, 9.17) is 5.11 Å². The van der Waals surface area contributed by atoms with Gasteiger partial charge < -0.3 is 15.2 Å². The van der Waals surface area contributed by atoms with Gasteiger partial charge >= 0.3 is 5.97 Å². The summed E-state index contributed by atoms with van der Waals surface area (Å²) >= 11 is 0. The molecule has 0 fully saturated rings. The van der Waals surface area contributed by atoms with Crippen LogP contribution >= 0.6 is 0 Å². The maximum absolute atomic E-state index is 11.0. The van der Waals surface area contributed by atoms with Crippen molar-refractivity contribution >= 4 is 21.7 Å². The fourth-order valence-electron chi connectivity index (χ4n) is 0.782. The van der Waals surface area contributed by atoms with Crippen molar-refractivity contribution in [2.24, 2.45) is 0 Å². The summed E-state index contributed by atoms with van der Waals surface area (Å²) in [7, 11) is -2.43. The van der Waals surface area contributed by atoms with Crippen LogP contribution in [0.4, 0.5) is 0 Å². The number of ether oxygens (including phenoxy) is 1. The van der Waals surface area contributed by atoms with Gasteiger partial charge in [-0.15, -0.1) is 0 Å². The second-order valence-corrected chi connectivity index (χ2v) is 4.83. The van der Waals surface area contributed by atoms with Crippen LogP contribution in [0.1, 0.15) is 0 Å². The van der Waals surface area contributed by atoms with Crippen molar-refractivity contribution in [1.82, 2.24) is 5.32 Å². The second kappa shape index (κ2) is 6.36. The number of carboxylic acid groups (broad SMARTS) is 1. The lowest BCUT2D eigenvalue weighted by atomic mass is 10.6. The predicted molar refractivity (Wildman–Crippen MR) is 51.2 cm³/mol. The van der Waals surface area contributed by atoms with Crippen molar-refractivity contribution in [3.8, 4) is 0 Å². The topological polar surface area (TPSA) is 110 Å². The summed E-state index contributed by atoms with van der Waals surface area (Å²) < 4.78 is 26.7. The summed E-state index contributed by atoms with van der Waals surface area (Å²) in [4.78, 5) is 21.1. The van der Waals surface area contributed by atoms with E-state index in [1.807, 2.05) is 0 Å². The molecular weight excluding hydrogens is 226 g/mol. The van der Waals surface area contributed by atoms with Crippen molar-refractivity contribution in [3.05, 3.63) is 0 Å². The van der Waals surface area contributed by atoms with Gasteiger partial charge in [0.2, 0.25) is 5.91 Å². The average molecular weight is 239 g/mol. The van der Waals surface area contributed by atoms with Gasteiger partial charge in [-0.1, -0.05) is 0 Å². The number of hydrogen-bond donors (Lipinski definition) is 2. The molecule has 0 unspecified atom stereocenters. The Balaban J connectivity index is 4.00. The molecule has 0 aromatic heterocycles. The summed E-state index contributed by atoms with van der Waals surface area (Å²) in [6, 6.07) is 0. The first-order valence-corrected chi connectivity index (χ1v) is 5.87. The number of nitrogens with one attached hydrogen (secondary N) is 1. The van der Waals surface area contributed by atoms with E-state index in [0.29, 0.717) is 0 Å². The van der Waals surface area contributed by atoms with Crippen LogP contribution in [-0.2, 0) is 24.2 Å². The van der Waals surface area contributed by atoms with E-state index in [1.54, 1.807) is 0 Å². The van der Waals surface area contributed by atoms with Crippen molar-refractivity contribution in [1.29, 1.82) is 0 Å². The Labute approximate surface area is 87.3 Å². The molecule has 0 aliphatic rings. The third-order valence-electron chi connectivity index (χ3n) is 1.32. The van der Waals surface area contributed by atoms with Crippen molar-refractivity contribution in [2.75, 3.05) is 31.8 Å². The van der Waals surface area contributed by atoms with E-state index in [1.165, 1.54) is 7.11 Å². The first kappa shape index (κ1) is 13.8. The molecule has 88 valence electrons. The Kier molecular flexibility index (Phi) is 5.87. The van der Waals surface area contributed by atoms with Gasteiger partial charge in [-0.3, -0.25) is 9.59 Å². The molecule has 0 heterocycles.